The summed E-state index contributed by atoms with van der Waals surface area (Å²) >= 11 is 1.46. The number of thiazole rings is 1. The number of nitrogens with zero attached hydrogens (tertiary/aromatic N) is 2. The Kier molecular flexibility index (Phi) is 5.15. The van der Waals surface area contributed by atoms with E-state index in [0.29, 0.717) is 18.2 Å². The van der Waals surface area contributed by atoms with Crippen LogP contribution in [0.15, 0.2) is 5.51 Å². The van der Waals surface area contributed by atoms with Crippen LogP contribution in [0.5, 0.6) is 0 Å². The van der Waals surface area contributed by atoms with Crippen LogP contribution in [0.1, 0.15) is 30.3 Å². The largest absolute Gasteiger partial charge is 0.461 e. The molecule has 0 radical (unpaired) electrons. The van der Waals surface area contributed by atoms with Crippen LogP contribution in [-0.4, -0.2) is 49.1 Å². The molecule has 0 atom stereocenters. The normalized spacial score (nSPS) is 17.4. The van der Waals surface area contributed by atoms with Crippen molar-refractivity contribution in [3.05, 3.63) is 11.2 Å². The van der Waals surface area contributed by atoms with Gasteiger partial charge in [-0.2, -0.15) is 0 Å². The molecular formula is C13H21N3O2S. The predicted octanol–water partition coefficient (Wildman–Crippen LogP) is 2.07. The second-order valence-electron chi connectivity index (χ2n) is 4.88. The lowest BCUT2D eigenvalue weighted by Gasteiger charge is -2.29. The van der Waals surface area contributed by atoms with Gasteiger partial charge in [-0.3, -0.25) is 0 Å². The number of carbonyl (C=O) groups is 1. The first kappa shape index (κ1) is 14.3. The van der Waals surface area contributed by atoms with Crippen molar-refractivity contribution in [1.82, 2.24) is 9.88 Å². The molecule has 2 rings (SSSR count). The summed E-state index contributed by atoms with van der Waals surface area (Å²) in [5.41, 5.74) is 2.10. The van der Waals surface area contributed by atoms with Crippen molar-refractivity contribution in [2.24, 2.45) is 5.92 Å². The van der Waals surface area contributed by atoms with Gasteiger partial charge in [0, 0.05) is 6.54 Å². The second kappa shape index (κ2) is 6.86. The van der Waals surface area contributed by atoms with Gasteiger partial charge >= 0.3 is 5.97 Å². The Bertz CT molecular complexity index is 414. The third kappa shape index (κ3) is 3.91. The summed E-state index contributed by atoms with van der Waals surface area (Å²) in [5.74, 6) is 0.336. The van der Waals surface area contributed by atoms with Crippen molar-refractivity contribution in [3.63, 3.8) is 0 Å². The molecule has 6 heteroatoms. The van der Waals surface area contributed by atoms with E-state index in [9.17, 15) is 4.79 Å². The van der Waals surface area contributed by atoms with Crippen LogP contribution >= 0.6 is 11.3 Å². The highest BCUT2D eigenvalue weighted by Crippen LogP contribution is 2.23. The number of esters is 1. The topological polar surface area (TPSA) is 54.5 Å². The first-order valence-corrected chi connectivity index (χ1v) is 7.61. The summed E-state index contributed by atoms with van der Waals surface area (Å²) in [4.78, 5) is 18.1. The lowest BCUT2D eigenvalue weighted by molar-refractivity contribution is 0.0521. The quantitative estimate of drug-likeness (QED) is 0.838. The van der Waals surface area contributed by atoms with Gasteiger partial charge in [0.15, 0.2) is 5.69 Å². The van der Waals surface area contributed by atoms with Gasteiger partial charge in [-0.1, -0.05) is 0 Å². The lowest BCUT2D eigenvalue weighted by Crippen LogP contribution is -2.33. The number of piperidine rings is 1. The number of likely N-dealkylation sites (tertiary alicyclic amines) is 1. The number of carbonyl (C=O) groups excluding carboxylic acids is 1. The fourth-order valence-electron chi connectivity index (χ4n) is 2.22. The summed E-state index contributed by atoms with van der Waals surface area (Å²) < 4.78 is 4.99. The number of ether oxygens (including phenoxy) is 1. The van der Waals surface area contributed by atoms with E-state index in [1.54, 1.807) is 12.4 Å². The summed E-state index contributed by atoms with van der Waals surface area (Å²) in [7, 11) is 2.16. The Morgan fingerprint density at radius 2 is 2.32 bits per heavy atom. The molecular weight excluding hydrogens is 262 g/mol. The van der Waals surface area contributed by atoms with Crippen LogP contribution in [0, 0.1) is 5.92 Å². The molecule has 1 fully saturated rings. The molecule has 1 aliphatic heterocycles. The molecule has 5 nitrogen and oxygen atoms in total. The first-order chi connectivity index (χ1) is 9.20. The molecule has 1 aromatic heterocycles. The number of rotatable bonds is 5. The van der Waals surface area contributed by atoms with Crippen molar-refractivity contribution in [3.8, 4) is 0 Å². The highest BCUT2D eigenvalue weighted by atomic mass is 32.1. The zero-order valence-electron chi connectivity index (χ0n) is 11.5. The smallest absolute Gasteiger partial charge is 0.360 e. The molecule has 19 heavy (non-hydrogen) atoms. The van der Waals surface area contributed by atoms with Crippen LogP contribution in [0.25, 0.3) is 0 Å². The van der Waals surface area contributed by atoms with Crippen LogP contribution in [0.2, 0.25) is 0 Å². The first-order valence-electron chi connectivity index (χ1n) is 6.73. The minimum atomic E-state index is -0.338. The van der Waals surface area contributed by atoms with Crippen LogP contribution in [-0.2, 0) is 4.74 Å². The summed E-state index contributed by atoms with van der Waals surface area (Å²) in [5, 5.41) is 4.18. The van der Waals surface area contributed by atoms with Gasteiger partial charge in [-0.25, -0.2) is 9.78 Å². The molecule has 106 valence electrons. The van der Waals surface area contributed by atoms with E-state index in [2.05, 4.69) is 22.2 Å². The third-order valence-electron chi connectivity index (χ3n) is 3.43. The van der Waals surface area contributed by atoms with E-state index in [4.69, 9.17) is 4.74 Å². The fraction of sp³-hybridized carbons (Fsp3) is 0.692. The number of nitrogens with one attached hydrogen (secondary N) is 1. The van der Waals surface area contributed by atoms with E-state index < -0.39 is 0 Å². The number of hydrogen-bond donors (Lipinski definition) is 1. The molecule has 0 spiro atoms. The minimum absolute atomic E-state index is 0.338. The van der Waals surface area contributed by atoms with E-state index in [1.165, 1.54) is 24.2 Å². The van der Waals surface area contributed by atoms with Gasteiger partial charge in [0.05, 0.1) is 12.1 Å². The summed E-state index contributed by atoms with van der Waals surface area (Å²) in [6.07, 6.45) is 2.41. The highest BCUT2D eigenvalue weighted by Gasteiger charge is 2.19. The minimum Gasteiger partial charge on any atom is -0.461 e. The molecule has 2 heterocycles. The molecule has 0 amide bonds. The molecule has 1 saturated heterocycles. The molecule has 1 aliphatic rings. The van der Waals surface area contributed by atoms with Gasteiger partial charge in [0.2, 0.25) is 0 Å². The predicted molar refractivity (Wildman–Crippen MR) is 76.8 cm³/mol. The zero-order chi connectivity index (χ0) is 13.7. The zero-order valence-corrected chi connectivity index (χ0v) is 12.3. The van der Waals surface area contributed by atoms with Gasteiger partial charge in [-0.05, 0) is 45.8 Å². The standard InChI is InChI=1S/C13H21N3O2S/c1-3-18-13(17)11-12(19-9-15-11)14-8-10-4-6-16(2)7-5-10/h9-10,14H,3-8H2,1-2H3. The van der Waals surface area contributed by atoms with Crippen molar-refractivity contribution >= 4 is 22.3 Å². The summed E-state index contributed by atoms with van der Waals surface area (Å²) in [6.45, 7) is 5.39. The number of anilines is 1. The molecule has 0 saturated carbocycles. The van der Waals surface area contributed by atoms with Gasteiger partial charge in [0.25, 0.3) is 0 Å². The molecule has 0 aromatic carbocycles. The average Bonchev–Trinajstić information content (AvgIpc) is 2.87. The van der Waals surface area contributed by atoms with Gasteiger partial charge in [0.1, 0.15) is 5.00 Å². The maximum absolute atomic E-state index is 11.7. The Morgan fingerprint density at radius 3 is 3.00 bits per heavy atom. The second-order valence-corrected chi connectivity index (χ2v) is 5.73. The Balaban J connectivity index is 1.86. The Morgan fingerprint density at radius 1 is 1.58 bits per heavy atom. The van der Waals surface area contributed by atoms with Crippen molar-refractivity contribution in [2.45, 2.75) is 19.8 Å². The fourth-order valence-corrected chi connectivity index (χ4v) is 2.90. The summed E-state index contributed by atoms with van der Waals surface area (Å²) in [6, 6.07) is 0. The molecule has 0 bridgehead atoms. The molecule has 1 N–H and O–H groups in total. The SMILES string of the molecule is CCOC(=O)c1ncsc1NCC1CCN(C)CC1. The molecule has 0 unspecified atom stereocenters. The molecule has 0 aliphatic carbocycles. The van der Waals surface area contributed by atoms with Crippen molar-refractivity contribution in [2.75, 3.05) is 38.6 Å². The van der Waals surface area contributed by atoms with E-state index >= 15 is 0 Å². The highest BCUT2D eigenvalue weighted by molar-refractivity contribution is 7.14. The van der Waals surface area contributed by atoms with Gasteiger partial charge < -0.3 is 15.0 Å². The number of aromatic nitrogens is 1. The van der Waals surface area contributed by atoms with E-state index in [0.717, 1.165) is 24.6 Å². The molecule has 1 aromatic rings. The number of hydrogen-bond acceptors (Lipinski definition) is 6. The average molecular weight is 283 g/mol. The monoisotopic (exact) mass is 283 g/mol. The van der Waals surface area contributed by atoms with E-state index in [1.807, 2.05) is 0 Å². The van der Waals surface area contributed by atoms with Crippen LogP contribution < -0.4 is 5.32 Å². The third-order valence-corrected chi connectivity index (χ3v) is 4.21. The van der Waals surface area contributed by atoms with E-state index in [-0.39, 0.29) is 5.97 Å². The Labute approximate surface area is 118 Å². The lowest BCUT2D eigenvalue weighted by atomic mass is 9.97. The van der Waals surface area contributed by atoms with Gasteiger partial charge in [-0.15, -0.1) is 11.3 Å². The van der Waals surface area contributed by atoms with Crippen molar-refractivity contribution in [1.29, 1.82) is 0 Å². The maximum atomic E-state index is 11.7. The van der Waals surface area contributed by atoms with Crippen LogP contribution in [0.3, 0.4) is 0 Å². The Hall–Kier alpha value is -1.14. The van der Waals surface area contributed by atoms with Crippen molar-refractivity contribution < 1.29 is 9.53 Å². The van der Waals surface area contributed by atoms with Crippen LogP contribution in [0.4, 0.5) is 5.00 Å². The maximum Gasteiger partial charge on any atom is 0.360 e.